The van der Waals surface area contributed by atoms with Crippen molar-refractivity contribution in [3.05, 3.63) is 11.6 Å². The van der Waals surface area contributed by atoms with Gasteiger partial charge in [-0.1, -0.05) is 11.6 Å². The Labute approximate surface area is 80.0 Å². The average molecular weight is 185 g/mol. The van der Waals surface area contributed by atoms with Crippen LogP contribution in [0.5, 0.6) is 0 Å². The van der Waals surface area contributed by atoms with Crippen molar-refractivity contribution >= 4 is 11.8 Å². The lowest BCUT2D eigenvalue weighted by atomic mass is 10.0. The third-order valence-corrected chi connectivity index (χ3v) is 3.77. The normalized spacial score (nSPS) is 27.6. The highest BCUT2D eigenvalue weighted by molar-refractivity contribution is 7.99. The van der Waals surface area contributed by atoms with Gasteiger partial charge in [0.25, 0.3) is 0 Å². The van der Waals surface area contributed by atoms with Gasteiger partial charge in [-0.2, -0.15) is 11.8 Å². The van der Waals surface area contributed by atoms with Crippen LogP contribution >= 0.6 is 11.8 Å². The molecule has 0 radical (unpaired) electrons. The number of likely N-dealkylation sites (N-methyl/N-ethyl adjacent to an activating group) is 1. The minimum absolute atomic E-state index is 0.538. The van der Waals surface area contributed by atoms with Gasteiger partial charge in [0, 0.05) is 6.04 Å². The molecule has 0 aliphatic carbocycles. The highest BCUT2D eigenvalue weighted by Crippen LogP contribution is 2.25. The van der Waals surface area contributed by atoms with E-state index in [0.29, 0.717) is 6.04 Å². The zero-order valence-electron chi connectivity index (χ0n) is 8.26. The van der Waals surface area contributed by atoms with Crippen LogP contribution in [0.3, 0.4) is 0 Å². The van der Waals surface area contributed by atoms with Crippen LogP contribution in [0.15, 0.2) is 11.6 Å². The molecule has 0 amide bonds. The molecule has 70 valence electrons. The Hall–Kier alpha value is 0.0500. The molecule has 1 nitrogen and oxygen atoms in total. The zero-order valence-corrected chi connectivity index (χ0v) is 9.08. The molecule has 0 aromatic heterocycles. The molecule has 0 spiro atoms. The van der Waals surface area contributed by atoms with E-state index < -0.39 is 0 Å². The molecule has 2 unspecified atom stereocenters. The SMILES string of the molecule is CNC(C)C(C)=CC1CCSC1. The standard InChI is InChI=1S/C10H19NS/c1-8(9(2)11-3)6-10-4-5-12-7-10/h6,9-11H,4-5,7H2,1-3H3. The quantitative estimate of drug-likeness (QED) is 0.677. The largest absolute Gasteiger partial charge is 0.314 e. The first-order chi connectivity index (χ1) is 5.74. The van der Waals surface area contributed by atoms with Gasteiger partial charge >= 0.3 is 0 Å². The highest BCUT2D eigenvalue weighted by Gasteiger charge is 2.13. The lowest BCUT2D eigenvalue weighted by Crippen LogP contribution is -2.22. The van der Waals surface area contributed by atoms with Gasteiger partial charge in [-0.25, -0.2) is 0 Å². The molecule has 1 rings (SSSR count). The van der Waals surface area contributed by atoms with E-state index in [4.69, 9.17) is 0 Å². The van der Waals surface area contributed by atoms with Gasteiger partial charge in [0.15, 0.2) is 0 Å². The summed E-state index contributed by atoms with van der Waals surface area (Å²) in [6, 6.07) is 0.538. The van der Waals surface area contributed by atoms with Crippen LogP contribution in [0.25, 0.3) is 0 Å². The number of rotatable bonds is 3. The summed E-state index contributed by atoms with van der Waals surface area (Å²) in [5.41, 5.74) is 1.49. The Morgan fingerprint density at radius 3 is 2.92 bits per heavy atom. The first-order valence-corrected chi connectivity index (χ1v) is 5.83. The summed E-state index contributed by atoms with van der Waals surface area (Å²) < 4.78 is 0. The summed E-state index contributed by atoms with van der Waals surface area (Å²) in [4.78, 5) is 0. The predicted molar refractivity (Wildman–Crippen MR) is 57.7 cm³/mol. The Kier molecular flexibility index (Phi) is 4.16. The molecule has 1 saturated heterocycles. The molecule has 0 aromatic carbocycles. The van der Waals surface area contributed by atoms with E-state index >= 15 is 0 Å². The van der Waals surface area contributed by atoms with E-state index in [1.807, 2.05) is 7.05 Å². The van der Waals surface area contributed by atoms with Crippen LogP contribution in [0.4, 0.5) is 0 Å². The van der Waals surface area contributed by atoms with Crippen molar-refractivity contribution in [1.82, 2.24) is 5.32 Å². The van der Waals surface area contributed by atoms with Crippen molar-refractivity contribution in [1.29, 1.82) is 0 Å². The van der Waals surface area contributed by atoms with Crippen LogP contribution in [0, 0.1) is 5.92 Å². The molecular formula is C10H19NS. The lowest BCUT2D eigenvalue weighted by molar-refractivity contribution is 0.666. The molecule has 0 aromatic rings. The van der Waals surface area contributed by atoms with Gasteiger partial charge in [0.05, 0.1) is 0 Å². The van der Waals surface area contributed by atoms with E-state index in [1.54, 1.807) is 0 Å². The van der Waals surface area contributed by atoms with Gasteiger partial charge in [0.2, 0.25) is 0 Å². The summed E-state index contributed by atoms with van der Waals surface area (Å²) >= 11 is 2.08. The van der Waals surface area contributed by atoms with Crippen LogP contribution < -0.4 is 5.32 Å². The third kappa shape index (κ3) is 2.83. The fourth-order valence-electron chi connectivity index (χ4n) is 1.43. The van der Waals surface area contributed by atoms with Crippen molar-refractivity contribution in [2.45, 2.75) is 26.3 Å². The number of nitrogens with one attached hydrogen (secondary N) is 1. The smallest absolute Gasteiger partial charge is 0.0245 e. The van der Waals surface area contributed by atoms with Gasteiger partial charge in [-0.05, 0) is 44.7 Å². The minimum Gasteiger partial charge on any atom is -0.314 e. The van der Waals surface area contributed by atoms with Gasteiger partial charge in [-0.15, -0.1) is 0 Å². The van der Waals surface area contributed by atoms with Crippen molar-refractivity contribution in [3.8, 4) is 0 Å². The Bertz CT molecular complexity index is 159. The van der Waals surface area contributed by atoms with Gasteiger partial charge < -0.3 is 5.32 Å². The van der Waals surface area contributed by atoms with E-state index in [2.05, 4.69) is 37.0 Å². The van der Waals surface area contributed by atoms with Crippen LogP contribution in [0.1, 0.15) is 20.3 Å². The van der Waals surface area contributed by atoms with Crippen LogP contribution in [-0.4, -0.2) is 24.6 Å². The van der Waals surface area contributed by atoms with Crippen molar-refractivity contribution in [2.75, 3.05) is 18.6 Å². The fourth-order valence-corrected chi connectivity index (χ4v) is 2.63. The van der Waals surface area contributed by atoms with Gasteiger partial charge in [-0.3, -0.25) is 0 Å². The molecular weight excluding hydrogens is 166 g/mol. The predicted octanol–water partition coefficient (Wildman–Crippen LogP) is 2.29. The van der Waals surface area contributed by atoms with E-state index in [1.165, 1.54) is 23.5 Å². The molecule has 1 aliphatic heterocycles. The first kappa shape index (κ1) is 10.1. The minimum atomic E-state index is 0.538. The Morgan fingerprint density at radius 2 is 2.42 bits per heavy atom. The van der Waals surface area contributed by atoms with Crippen molar-refractivity contribution in [2.24, 2.45) is 5.92 Å². The van der Waals surface area contributed by atoms with Crippen LogP contribution in [0.2, 0.25) is 0 Å². The molecule has 1 N–H and O–H groups in total. The second-order valence-corrected chi connectivity index (χ2v) is 4.69. The molecule has 1 fully saturated rings. The third-order valence-electron chi connectivity index (χ3n) is 2.58. The first-order valence-electron chi connectivity index (χ1n) is 4.67. The number of thioether (sulfide) groups is 1. The molecule has 2 heteroatoms. The monoisotopic (exact) mass is 185 g/mol. The topological polar surface area (TPSA) is 12.0 Å². The summed E-state index contributed by atoms with van der Waals surface area (Å²) in [6.45, 7) is 4.44. The van der Waals surface area contributed by atoms with Gasteiger partial charge in [0.1, 0.15) is 0 Å². The Morgan fingerprint density at radius 1 is 1.67 bits per heavy atom. The second-order valence-electron chi connectivity index (χ2n) is 3.54. The molecule has 0 bridgehead atoms. The highest BCUT2D eigenvalue weighted by atomic mass is 32.2. The molecule has 12 heavy (non-hydrogen) atoms. The number of hydrogen-bond donors (Lipinski definition) is 1. The van der Waals surface area contributed by atoms with E-state index in [-0.39, 0.29) is 0 Å². The number of allylic oxidation sites excluding steroid dienone is 1. The summed E-state index contributed by atoms with van der Waals surface area (Å²) in [5.74, 6) is 3.52. The molecule has 0 saturated carbocycles. The summed E-state index contributed by atoms with van der Waals surface area (Å²) in [6.07, 6.45) is 3.82. The van der Waals surface area contributed by atoms with Crippen LogP contribution in [-0.2, 0) is 0 Å². The maximum Gasteiger partial charge on any atom is 0.0245 e. The number of hydrogen-bond acceptors (Lipinski definition) is 2. The van der Waals surface area contributed by atoms with Crippen molar-refractivity contribution < 1.29 is 0 Å². The summed E-state index contributed by atoms with van der Waals surface area (Å²) in [7, 11) is 2.02. The maximum absolute atomic E-state index is 3.26. The zero-order chi connectivity index (χ0) is 8.97. The Balaban J connectivity index is 2.42. The molecule has 1 aliphatic rings. The molecule has 2 atom stereocenters. The fraction of sp³-hybridized carbons (Fsp3) is 0.800. The molecule has 1 heterocycles. The van der Waals surface area contributed by atoms with E-state index in [9.17, 15) is 0 Å². The van der Waals surface area contributed by atoms with Crippen molar-refractivity contribution in [3.63, 3.8) is 0 Å². The van der Waals surface area contributed by atoms with E-state index in [0.717, 1.165) is 5.92 Å². The lowest BCUT2D eigenvalue weighted by Gasteiger charge is -2.12. The second kappa shape index (κ2) is 4.93. The summed E-state index contributed by atoms with van der Waals surface area (Å²) in [5, 5.41) is 3.26. The maximum atomic E-state index is 3.26. The average Bonchev–Trinajstić information content (AvgIpc) is 2.55.